The monoisotopic (exact) mass is 165 g/mol. The molecule has 1 heterocycles. The van der Waals surface area contributed by atoms with Gasteiger partial charge < -0.3 is 5.73 Å². The number of aliphatic imine (C=N–C) groups is 2. The quantitative estimate of drug-likeness (QED) is 0.613. The Bertz CT molecular complexity index is 244. The zero-order valence-electron chi connectivity index (χ0n) is 7.67. The molecule has 0 saturated carbocycles. The van der Waals surface area contributed by atoms with Crippen LogP contribution in [0.4, 0.5) is 0 Å². The summed E-state index contributed by atoms with van der Waals surface area (Å²) in [4.78, 5) is 8.32. The normalized spacial score (nSPS) is 19.7. The topological polar surface area (TPSA) is 50.7 Å². The molecule has 0 fully saturated rings. The maximum absolute atomic E-state index is 5.71. The second-order valence-corrected chi connectivity index (χ2v) is 2.92. The van der Waals surface area contributed by atoms with Crippen LogP contribution in [-0.4, -0.2) is 25.5 Å². The Kier molecular flexibility index (Phi) is 3.02. The first-order valence-electron chi connectivity index (χ1n) is 4.18. The van der Waals surface area contributed by atoms with Gasteiger partial charge in [0.05, 0.1) is 0 Å². The molecular weight excluding hydrogens is 150 g/mol. The number of nitrogens with two attached hydrogens (primary N) is 1. The minimum Gasteiger partial charge on any atom is -0.402 e. The third kappa shape index (κ3) is 1.94. The number of rotatable bonds is 2. The lowest BCUT2D eigenvalue weighted by atomic mass is 10.1. The maximum atomic E-state index is 5.71. The van der Waals surface area contributed by atoms with Gasteiger partial charge >= 0.3 is 0 Å². The molecule has 0 amide bonds. The fraction of sp³-hybridized carbons (Fsp3) is 0.556. The van der Waals surface area contributed by atoms with Crippen molar-refractivity contribution in [2.45, 2.75) is 19.8 Å². The van der Waals surface area contributed by atoms with E-state index in [4.69, 9.17) is 5.73 Å². The Morgan fingerprint density at radius 2 is 2.42 bits per heavy atom. The maximum Gasteiger partial charge on any atom is 0.0453 e. The Morgan fingerprint density at radius 1 is 1.67 bits per heavy atom. The summed E-state index contributed by atoms with van der Waals surface area (Å²) in [7, 11) is 1.75. The Morgan fingerprint density at radius 3 is 2.83 bits per heavy atom. The lowest BCUT2D eigenvalue weighted by molar-refractivity contribution is 0.951. The van der Waals surface area contributed by atoms with Crippen molar-refractivity contribution in [1.29, 1.82) is 0 Å². The van der Waals surface area contributed by atoms with E-state index < -0.39 is 0 Å². The van der Waals surface area contributed by atoms with Crippen LogP contribution in [0.5, 0.6) is 0 Å². The predicted molar refractivity (Wildman–Crippen MR) is 52.8 cm³/mol. The molecule has 1 rings (SSSR count). The second-order valence-electron chi connectivity index (χ2n) is 2.92. The van der Waals surface area contributed by atoms with Gasteiger partial charge in [-0.3, -0.25) is 9.98 Å². The molecule has 3 heteroatoms. The Labute approximate surface area is 73.1 Å². The number of hydrogen-bond donors (Lipinski definition) is 1. The van der Waals surface area contributed by atoms with Crippen molar-refractivity contribution in [3.63, 3.8) is 0 Å². The first-order valence-corrected chi connectivity index (χ1v) is 4.18. The predicted octanol–water partition coefficient (Wildman–Crippen LogP) is 1.15. The van der Waals surface area contributed by atoms with Crippen LogP contribution in [0.3, 0.4) is 0 Å². The van der Waals surface area contributed by atoms with Crippen molar-refractivity contribution in [2.75, 3.05) is 13.6 Å². The smallest absolute Gasteiger partial charge is 0.0453 e. The van der Waals surface area contributed by atoms with Gasteiger partial charge in [0, 0.05) is 36.8 Å². The van der Waals surface area contributed by atoms with Crippen LogP contribution in [0, 0.1) is 0 Å². The Balaban J connectivity index is 2.87. The molecule has 0 aromatic carbocycles. The molecule has 0 aliphatic carbocycles. The van der Waals surface area contributed by atoms with E-state index in [1.165, 1.54) is 0 Å². The van der Waals surface area contributed by atoms with Crippen molar-refractivity contribution >= 4 is 11.9 Å². The van der Waals surface area contributed by atoms with Gasteiger partial charge in [-0.1, -0.05) is 0 Å². The molecule has 1 aliphatic rings. The molecule has 12 heavy (non-hydrogen) atoms. The third-order valence-electron chi connectivity index (χ3n) is 1.87. The van der Waals surface area contributed by atoms with E-state index in [1.54, 1.807) is 13.3 Å². The van der Waals surface area contributed by atoms with Gasteiger partial charge in [-0.2, -0.15) is 0 Å². The standard InChI is InChI=1S/C9H15N3/c1-7(10)8(6-11-2)9-4-3-5-12-9/h6H,3-5,10H2,1-2H3. The SMILES string of the molecule is CN=CC(C1=NCCC1)=C(C)N. The van der Waals surface area contributed by atoms with Crippen LogP contribution < -0.4 is 5.73 Å². The molecule has 0 unspecified atom stereocenters. The van der Waals surface area contributed by atoms with Crippen LogP contribution in [0.25, 0.3) is 0 Å². The summed E-state index contributed by atoms with van der Waals surface area (Å²) in [6, 6.07) is 0. The summed E-state index contributed by atoms with van der Waals surface area (Å²) in [5, 5.41) is 0. The van der Waals surface area contributed by atoms with Gasteiger partial charge in [0.1, 0.15) is 0 Å². The number of allylic oxidation sites excluding steroid dienone is 2. The van der Waals surface area contributed by atoms with E-state index in [1.807, 2.05) is 6.92 Å². The van der Waals surface area contributed by atoms with Crippen LogP contribution >= 0.6 is 0 Å². The van der Waals surface area contributed by atoms with Crippen LogP contribution in [0.1, 0.15) is 19.8 Å². The van der Waals surface area contributed by atoms with E-state index in [0.717, 1.165) is 36.4 Å². The van der Waals surface area contributed by atoms with Gasteiger partial charge in [-0.25, -0.2) is 0 Å². The number of nitrogens with zero attached hydrogens (tertiary/aromatic N) is 2. The van der Waals surface area contributed by atoms with Crippen molar-refractivity contribution in [3.8, 4) is 0 Å². The highest BCUT2D eigenvalue weighted by atomic mass is 14.8. The van der Waals surface area contributed by atoms with Gasteiger partial charge in [0.2, 0.25) is 0 Å². The molecule has 0 saturated heterocycles. The van der Waals surface area contributed by atoms with Gasteiger partial charge in [0.25, 0.3) is 0 Å². The summed E-state index contributed by atoms with van der Waals surface area (Å²) in [5.41, 5.74) is 8.64. The van der Waals surface area contributed by atoms with Crippen molar-refractivity contribution in [2.24, 2.45) is 15.7 Å². The van der Waals surface area contributed by atoms with E-state index in [9.17, 15) is 0 Å². The first-order chi connectivity index (χ1) is 5.75. The molecule has 2 N–H and O–H groups in total. The minimum atomic E-state index is 0.807. The Hall–Kier alpha value is -1.12. The second kappa shape index (κ2) is 4.04. The largest absolute Gasteiger partial charge is 0.402 e. The highest BCUT2D eigenvalue weighted by Crippen LogP contribution is 2.12. The molecule has 1 aliphatic heterocycles. The summed E-state index contributed by atoms with van der Waals surface area (Å²) in [6.45, 7) is 2.82. The highest BCUT2D eigenvalue weighted by molar-refractivity contribution is 6.17. The lowest BCUT2D eigenvalue weighted by Gasteiger charge is -2.02. The highest BCUT2D eigenvalue weighted by Gasteiger charge is 2.11. The van der Waals surface area contributed by atoms with Gasteiger partial charge in [-0.05, 0) is 19.8 Å². The van der Waals surface area contributed by atoms with E-state index in [2.05, 4.69) is 9.98 Å². The summed E-state index contributed by atoms with van der Waals surface area (Å²) >= 11 is 0. The first kappa shape index (κ1) is 8.97. The lowest BCUT2D eigenvalue weighted by Crippen LogP contribution is -2.08. The average Bonchev–Trinajstić information content (AvgIpc) is 2.51. The molecule has 0 bridgehead atoms. The van der Waals surface area contributed by atoms with E-state index in [0.29, 0.717) is 0 Å². The van der Waals surface area contributed by atoms with Crippen LogP contribution in [0.15, 0.2) is 21.3 Å². The molecule has 0 spiro atoms. The molecule has 3 nitrogen and oxygen atoms in total. The van der Waals surface area contributed by atoms with E-state index in [-0.39, 0.29) is 0 Å². The van der Waals surface area contributed by atoms with Gasteiger partial charge in [0.15, 0.2) is 0 Å². The van der Waals surface area contributed by atoms with E-state index >= 15 is 0 Å². The number of hydrogen-bond acceptors (Lipinski definition) is 3. The van der Waals surface area contributed by atoms with Crippen LogP contribution in [0.2, 0.25) is 0 Å². The summed E-state index contributed by atoms with van der Waals surface area (Å²) in [5.74, 6) is 0. The fourth-order valence-corrected chi connectivity index (χ4v) is 1.29. The zero-order chi connectivity index (χ0) is 8.97. The summed E-state index contributed by atoms with van der Waals surface area (Å²) < 4.78 is 0. The third-order valence-corrected chi connectivity index (χ3v) is 1.87. The van der Waals surface area contributed by atoms with Crippen LogP contribution in [-0.2, 0) is 0 Å². The molecule has 0 atom stereocenters. The fourth-order valence-electron chi connectivity index (χ4n) is 1.29. The molecule has 0 aromatic rings. The average molecular weight is 165 g/mol. The van der Waals surface area contributed by atoms with Crippen molar-refractivity contribution < 1.29 is 0 Å². The molecular formula is C9H15N3. The molecule has 66 valence electrons. The van der Waals surface area contributed by atoms with Gasteiger partial charge in [-0.15, -0.1) is 0 Å². The zero-order valence-corrected chi connectivity index (χ0v) is 7.67. The molecule has 0 aromatic heterocycles. The van der Waals surface area contributed by atoms with Crippen molar-refractivity contribution in [1.82, 2.24) is 0 Å². The summed E-state index contributed by atoms with van der Waals surface area (Å²) in [6.07, 6.45) is 3.97. The molecule has 0 radical (unpaired) electrons. The minimum absolute atomic E-state index is 0.807. The van der Waals surface area contributed by atoms with Crippen molar-refractivity contribution in [3.05, 3.63) is 11.3 Å².